The fourth-order valence-electron chi connectivity index (χ4n) is 2.18. The molecule has 2 aromatic rings. The number of nitrogens with two attached hydrogens (primary N) is 1. The second-order valence-corrected chi connectivity index (χ2v) is 5.08. The third-order valence-corrected chi connectivity index (χ3v) is 3.05. The van der Waals surface area contributed by atoms with Gasteiger partial charge < -0.3 is 5.73 Å². The minimum Gasteiger partial charge on any atom is -0.322 e. The third-order valence-electron chi connectivity index (χ3n) is 3.05. The van der Waals surface area contributed by atoms with Gasteiger partial charge in [-0.3, -0.25) is 4.79 Å². The van der Waals surface area contributed by atoms with Crippen LogP contribution in [0.4, 0.5) is 0 Å². The van der Waals surface area contributed by atoms with E-state index >= 15 is 0 Å². The van der Waals surface area contributed by atoms with Crippen LogP contribution in [0, 0.1) is 20.8 Å². The van der Waals surface area contributed by atoms with Gasteiger partial charge in [-0.05, 0) is 31.9 Å². The van der Waals surface area contributed by atoms with Crippen molar-refractivity contribution in [3.63, 3.8) is 0 Å². The highest BCUT2D eigenvalue weighted by Gasteiger charge is 2.09. The van der Waals surface area contributed by atoms with Gasteiger partial charge in [0.25, 0.3) is 5.56 Å². The van der Waals surface area contributed by atoms with Crippen LogP contribution in [0.15, 0.2) is 35.3 Å². The zero-order valence-corrected chi connectivity index (χ0v) is 11.6. The highest BCUT2D eigenvalue weighted by atomic mass is 16.1. The molecule has 1 unspecified atom stereocenters. The Morgan fingerprint density at radius 3 is 2.32 bits per heavy atom. The van der Waals surface area contributed by atoms with Crippen molar-refractivity contribution in [2.75, 3.05) is 0 Å². The van der Waals surface area contributed by atoms with E-state index in [9.17, 15) is 4.79 Å². The summed E-state index contributed by atoms with van der Waals surface area (Å²) in [5.74, 6) is 0. The number of hydrogen-bond donors (Lipinski definition) is 1. The van der Waals surface area contributed by atoms with Crippen LogP contribution in [-0.2, 0) is 6.54 Å². The van der Waals surface area contributed by atoms with E-state index in [1.54, 1.807) is 12.3 Å². The molecule has 0 saturated heterocycles. The maximum Gasteiger partial charge on any atom is 0.267 e. The molecule has 1 atom stereocenters. The molecule has 0 aliphatic heterocycles. The number of benzene rings is 1. The van der Waals surface area contributed by atoms with Crippen molar-refractivity contribution in [2.45, 2.75) is 33.4 Å². The molecular formula is C15H19N3O. The summed E-state index contributed by atoms with van der Waals surface area (Å²) in [6.45, 7) is 6.32. The molecule has 0 fully saturated rings. The lowest BCUT2D eigenvalue weighted by molar-refractivity contribution is 0.502. The molecule has 0 aliphatic carbocycles. The second-order valence-electron chi connectivity index (χ2n) is 5.08. The Morgan fingerprint density at radius 2 is 1.74 bits per heavy atom. The number of nitrogens with zero attached hydrogens (tertiary/aromatic N) is 2. The maximum atomic E-state index is 11.8. The van der Waals surface area contributed by atoms with Crippen LogP contribution in [0.5, 0.6) is 0 Å². The quantitative estimate of drug-likeness (QED) is 0.913. The van der Waals surface area contributed by atoms with Gasteiger partial charge in [-0.1, -0.05) is 29.3 Å². The molecule has 0 radical (unpaired) electrons. The highest BCUT2D eigenvalue weighted by molar-refractivity contribution is 5.30. The van der Waals surface area contributed by atoms with E-state index in [1.165, 1.54) is 15.8 Å². The number of hydrogen-bond acceptors (Lipinski definition) is 3. The van der Waals surface area contributed by atoms with E-state index in [1.807, 2.05) is 20.8 Å². The molecule has 0 bridgehead atoms. The van der Waals surface area contributed by atoms with E-state index < -0.39 is 0 Å². The minimum absolute atomic E-state index is 0.111. The van der Waals surface area contributed by atoms with Gasteiger partial charge in [0.05, 0.1) is 12.7 Å². The van der Waals surface area contributed by atoms with Crippen molar-refractivity contribution < 1.29 is 0 Å². The molecule has 4 nitrogen and oxygen atoms in total. The maximum absolute atomic E-state index is 11.8. The molecule has 0 spiro atoms. The van der Waals surface area contributed by atoms with Gasteiger partial charge in [0.2, 0.25) is 0 Å². The summed E-state index contributed by atoms with van der Waals surface area (Å²) in [6.07, 6.45) is 1.68. The summed E-state index contributed by atoms with van der Waals surface area (Å²) in [5.41, 5.74) is 10.3. The number of aryl methyl sites for hydroxylation is 3. The number of aromatic nitrogens is 2. The summed E-state index contributed by atoms with van der Waals surface area (Å²) >= 11 is 0. The average Bonchev–Trinajstić information content (AvgIpc) is 2.31. The van der Waals surface area contributed by atoms with Crippen LogP contribution in [0.3, 0.4) is 0 Å². The molecular weight excluding hydrogens is 238 g/mol. The molecule has 0 amide bonds. The van der Waals surface area contributed by atoms with Crippen molar-refractivity contribution in [1.82, 2.24) is 9.78 Å². The summed E-state index contributed by atoms with van der Waals surface area (Å²) < 4.78 is 1.41. The Hall–Kier alpha value is -1.94. The Labute approximate surface area is 112 Å². The fraction of sp³-hybridized carbons (Fsp3) is 0.333. The zero-order valence-electron chi connectivity index (χ0n) is 11.6. The molecule has 1 aromatic heterocycles. The molecule has 100 valence electrons. The first-order chi connectivity index (χ1) is 8.95. The van der Waals surface area contributed by atoms with Crippen LogP contribution in [0.25, 0.3) is 0 Å². The topological polar surface area (TPSA) is 60.9 Å². The summed E-state index contributed by atoms with van der Waals surface area (Å²) in [7, 11) is 0. The van der Waals surface area contributed by atoms with Crippen LogP contribution < -0.4 is 11.3 Å². The molecule has 19 heavy (non-hydrogen) atoms. The smallest absolute Gasteiger partial charge is 0.267 e. The highest BCUT2D eigenvalue weighted by Crippen LogP contribution is 2.16. The van der Waals surface area contributed by atoms with Gasteiger partial charge in [0, 0.05) is 12.1 Å². The predicted octanol–water partition coefficient (Wildman–Crippen LogP) is 1.87. The Bertz CT molecular complexity index is 626. The van der Waals surface area contributed by atoms with E-state index in [-0.39, 0.29) is 11.6 Å². The largest absolute Gasteiger partial charge is 0.322 e. The Morgan fingerprint density at radius 1 is 1.11 bits per heavy atom. The Balaban J connectivity index is 2.25. The Kier molecular flexibility index (Phi) is 3.81. The average molecular weight is 257 g/mol. The third kappa shape index (κ3) is 3.29. The van der Waals surface area contributed by atoms with Crippen molar-refractivity contribution in [3.8, 4) is 0 Å². The van der Waals surface area contributed by atoms with Crippen LogP contribution in [0.1, 0.15) is 28.3 Å². The lowest BCUT2D eigenvalue weighted by Gasteiger charge is -2.14. The first-order valence-corrected chi connectivity index (χ1v) is 6.33. The van der Waals surface area contributed by atoms with Gasteiger partial charge in [0.1, 0.15) is 0 Å². The summed E-state index contributed by atoms with van der Waals surface area (Å²) in [6, 6.07) is 7.55. The van der Waals surface area contributed by atoms with Gasteiger partial charge >= 0.3 is 0 Å². The van der Waals surface area contributed by atoms with E-state index in [2.05, 4.69) is 23.3 Å². The first-order valence-electron chi connectivity index (χ1n) is 6.33. The zero-order chi connectivity index (χ0) is 14.0. The van der Waals surface area contributed by atoms with Crippen molar-refractivity contribution in [3.05, 3.63) is 63.1 Å². The van der Waals surface area contributed by atoms with E-state index in [0.717, 1.165) is 11.1 Å². The van der Waals surface area contributed by atoms with Gasteiger partial charge in [-0.2, -0.15) is 5.10 Å². The molecule has 2 N–H and O–H groups in total. The molecule has 4 heteroatoms. The minimum atomic E-state index is -0.230. The summed E-state index contributed by atoms with van der Waals surface area (Å²) in [5, 5.41) is 4.11. The normalized spacial score (nSPS) is 12.4. The van der Waals surface area contributed by atoms with Crippen molar-refractivity contribution in [2.24, 2.45) is 5.73 Å². The molecule has 0 aliphatic rings. The van der Waals surface area contributed by atoms with Crippen LogP contribution >= 0.6 is 0 Å². The summed E-state index contributed by atoms with van der Waals surface area (Å²) in [4.78, 5) is 11.8. The van der Waals surface area contributed by atoms with Crippen LogP contribution in [0.2, 0.25) is 0 Å². The van der Waals surface area contributed by atoms with Crippen LogP contribution in [-0.4, -0.2) is 9.78 Å². The van der Waals surface area contributed by atoms with Crippen molar-refractivity contribution in [1.29, 1.82) is 0 Å². The van der Waals surface area contributed by atoms with Crippen molar-refractivity contribution >= 4 is 0 Å². The first kappa shape index (κ1) is 13.5. The second kappa shape index (κ2) is 5.36. The number of rotatable bonds is 3. The SMILES string of the molecule is Cc1cc(C)cc(C(N)Cn2ncc(C)cc2=O)c1. The van der Waals surface area contributed by atoms with Gasteiger partial charge in [-0.25, -0.2) is 4.68 Å². The monoisotopic (exact) mass is 257 g/mol. The molecule has 0 saturated carbocycles. The lowest BCUT2D eigenvalue weighted by atomic mass is 10.0. The lowest BCUT2D eigenvalue weighted by Crippen LogP contribution is -2.28. The molecule has 1 heterocycles. The van der Waals surface area contributed by atoms with Gasteiger partial charge in [0.15, 0.2) is 0 Å². The molecule has 2 rings (SSSR count). The van der Waals surface area contributed by atoms with E-state index in [4.69, 9.17) is 5.73 Å². The predicted molar refractivity (Wildman–Crippen MR) is 76.1 cm³/mol. The fourth-order valence-corrected chi connectivity index (χ4v) is 2.18. The standard InChI is InChI=1S/C15H19N3O/c1-10-4-11(2)6-13(5-10)14(16)9-18-15(19)7-12(3)8-17-18/h4-8,14H,9,16H2,1-3H3. The van der Waals surface area contributed by atoms with E-state index in [0.29, 0.717) is 6.54 Å². The molecule has 1 aromatic carbocycles. The van der Waals surface area contributed by atoms with Gasteiger partial charge in [-0.15, -0.1) is 0 Å².